The molecule has 0 amide bonds. The van der Waals surface area contributed by atoms with Crippen LogP contribution < -0.4 is 10.2 Å². The van der Waals surface area contributed by atoms with E-state index in [4.69, 9.17) is 4.99 Å². The average molecular weight is 374 g/mol. The van der Waals surface area contributed by atoms with Gasteiger partial charge in [0.1, 0.15) is 0 Å². The van der Waals surface area contributed by atoms with Crippen LogP contribution in [0.2, 0.25) is 0 Å². The van der Waals surface area contributed by atoms with Crippen LogP contribution in [-0.2, 0) is 0 Å². The van der Waals surface area contributed by atoms with Gasteiger partial charge in [-0.05, 0) is 31.2 Å². The van der Waals surface area contributed by atoms with Gasteiger partial charge in [0, 0.05) is 64.8 Å². The molecule has 2 saturated heterocycles. The molecule has 7 heteroatoms. The van der Waals surface area contributed by atoms with Crippen LogP contribution in [0.15, 0.2) is 23.5 Å². The molecular weight excluding hydrogens is 338 g/mol. The highest BCUT2D eigenvalue weighted by molar-refractivity contribution is 5.80. The Kier molecular flexibility index (Phi) is 7.26. The van der Waals surface area contributed by atoms with E-state index in [-0.39, 0.29) is 0 Å². The second kappa shape index (κ2) is 9.88. The number of piperazine rings is 1. The van der Waals surface area contributed by atoms with E-state index < -0.39 is 0 Å². The van der Waals surface area contributed by atoms with Crippen molar-refractivity contribution < 1.29 is 0 Å². The molecule has 7 nitrogen and oxygen atoms in total. The Morgan fingerprint density at radius 3 is 2.41 bits per heavy atom. The van der Waals surface area contributed by atoms with Crippen LogP contribution in [0, 0.1) is 11.8 Å². The standard InChI is InChI=1S/C20H35N7/c1-4-21-19(27-15-17(2)14-18(3)16-27)24-8-9-25-10-12-26(13-11-25)20-22-6-5-7-23-20/h5-7,17-18H,4,8-16H2,1-3H3,(H,21,24). The Morgan fingerprint density at radius 1 is 1.11 bits per heavy atom. The van der Waals surface area contributed by atoms with E-state index in [1.165, 1.54) is 6.42 Å². The first-order valence-electron chi connectivity index (χ1n) is 10.4. The Balaban J connectivity index is 1.47. The van der Waals surface area contributed by atoms with Gasteiger partial charge in [-0.25, -0.2) is 9.97 Å². The van der Waals surface area contributed by atoms with Gasteiger partial charge in [0.25, 0.3) is 0 Å². The monoisotopic (exact) mass is 373 g/mol. The predicted octanol–water partition coefficient (Wildman–Crippen LogP) is 1.54. The van der Waals surface area contributed by atoms with Gasteiger partial charge in [-0.1, -0.05) is 13.8 Å². The third kappa shape index (κ3) is 5.79. The summed E-state index contributed by atoms with van der Waals surface area (Å²) in [6.45, 7) is 15.9. The van der Waals surface area contributed by atoms with Gasteiger partial charge in [0.15, 0.2) is 5.96 Å². The molecule has 1 aromatic rings. The van der Waals surface area contributed by atoms with Crippen molar-refractivity contribution in [2.75, 3.05) is 63.8 Å². The van der Waals surface area contributed by atoms with Crippen molar-refractivity contribution in [3.05, 3.63) is 18.5 Å². The first-order chi connectivity index (χ1) is 13.2. The molecule has 0 aromatic carbocycles. The molecule has 3 rings (SSSR count). The summed E-state index contributed by atoms with van der Waals surface area (Å²) >= 11 is 0. The SMILES string of the molecule is CCNC(=NCCN1CCN(c2ncccn2)CC1)N1CC(C)CC(C)C1. The fraction of sp³-hybridized carbons (Fsp3) is 0.750. The van der Waals surface area contributed by atoms with Crippen molar-refractivity contribution in [2.24, 2.45) is 16.8 Å². The van der Waals surface area contributed by atoms with E-state index >= 15 is 0 Å². The van der Waals surface area contributed by atoms with Gasteiger partial charge >= 0.3 is 0 Å². The van der Waals surface area contributed by atoms with Gasteiger partial charge in [0.05, 0.1) is 6.54 Å². The summed E-state index contributed by atoms with van der Waals surface area (Å²) in [5.41, 5.74) is 0. The zero-order chi connectivity index (χ0) is 19.1. The van der Waals surface area contributed by atoms with Crippen molar-refractivity contribution in [1.82, 2.24) is 25.1 Å². The minimum absolute atomic E-state index is 0.742. The third-order valence-electron chi connectivity index (χ3n) is 5.39. The van der Waals surface area contributed by atoms with Crippen molar-refractivity contribution in [1.29, 1.82) is 0 Å². The quantitative estimate of drug-likeness (QED) is 0.624. The minimum Gasteiger partial charge on any atom is -0.357 e. The van der Waals surface area contributed by atoms with Crippen molar-refractivity contribution in [3.8, 4) is 0 Å². The summed E-state index contributed by atoms with van der Waals surface area (Å²) in [7, 11) is 0. The van der Waals surface area contributed by atoms with Crippen molar-refractivity contribution >= 4 is 11.9 Å². The summed E-state index contributed by atoms with van der Waals surface area (Å²) in [5, 5.41) is 3.49. The molecule has 27 heavy (non-hydrogen) atoms. The lowest BCUT2D eigenvalue weighted by Crippen LogP contribution is -2.49. The molecule has 1 aromatic heterocycles. The Labute approximate surface area is 163 Å². The number of aliphatic imine (C=N–C) groups is 1. The van der Waals surface area contributed by atoms with Crippen LogP contribution >= 0.6 is 0 Å². The van der Waals surface area contributed by atoms with E-state index in [1.54, 1.807) is 0 Å². The lowest BCUT2D eigenvalue weighted by Gasteiger charge is -2.37. The maximum absolute atomic E-state index is 4.93. The molecule has 0 bridgehead atoms. The Hall–Kier alpha value is -1.89. The zero-order valence-electron chi connectivity index (χ0n) is 17.1. The number of nitrogens with zero attached hydrogens (tertiary/aromatic N) is 6. The molecule has 2 atom stereocenters. The minimum atomic E-state index is 0.742. The number of rotatable bonds is 5. The normalized spacial score (nSPS) is 24.9. The summed E-state index contributed by atoms with van der Waals surface area (Å²) in [6.07, 6.45) is 4.95. The number of hydrogen-bond acceptors (Lipinski definition) is 5. The second-order valence-corrected chi connectivity index (χ2v) is 7.96. The van der Waals surface area contributed by atoms with Gasteiger partial charge in [-0.15, -0.1) is 0 Å². The molecule has 3 heterocycles. The topological polar surface area (TPSA) is 59.9 Å². The highest BCUT2D eigenvalue weighted by Gasteiger charge is 2.24. The summed E-state index contributed by atoms with van der Waals surface area (Å²) in [5.74, 6) is 3.42. The summed E-state index contributed by atoms with van der Waals surface area (Å²) in [4.78, 5) is 20.9. The summed E-state index contributed by atoms with van der Waals surface area (Å²) in [6, 6.07) is 1.86. The van der Waals surface area contributed by atoms with Gasteiger partial charge in [0.2, 0.25) is 5.95 Å². The summed E-state index contributed by atoms with van der Waals surface area (Å²) < 4.78 is 0. The molecule has 2 fully saturated rings. The van der Waals surface area contributed by atoms with E-state index in [0.717, 1.165) is 82.6 Å². The number of likely N-dealkylation sites (tertiary alicyclic amines) is 1. The van der Waals surface area contributed by atoms with Crippen LogP contribution in [0.1, 0.15) is 27.2 Å². The van der Waals surface area contributed by atoms with Gasteiger partial charge < -0.3 is 15.1 Å². The molecule has 0 aliphatic carbocycles. The number of anilines is 1. The first-order valence-corrected chi connectivity index (χ1v) is 10.4. The number of hydrogen-bond donors (Lipinski definition) is 1. The third-order valence-corrected chi connectivity index (χ3v) is 5.39. The Bertz CT molecular complexity index is 573. The van der Waals surface area contributed by atoms with E-state index in [0.29, 0.717) is 0 Å². The molecule has 150 valence electrons. The lowest BCUT2D eigenvalue weighted by atomic mass is 9.92. The number of aromatic nitrogens is 2. The van der Waals surface area contributed by atoms with Crippen LogP contribution in [0.4, 0.5) is 5.95 Å². The lowest BCUT2D eigenvalue weighted by molar-refractivity contribution is 0.208. The Morgan fingerprint density at radius 2 is 1.78 bits per heavy atom. The van der Waals surface area contributed by atoms with Crippen LogP contribution in [0.25, 0.3) is 0 Å². The largest absolute Gasteiger partial charge is 0.357 e. The molecule has 2 unspecified atom stereocenters. The first kappa shape index (κ1) is 19.9. The maximum atomic E-state index is 4.93. The van der Waals surface area contributed by atoms with E-state index in [1.807, 2.05) is 18.5 Å². The molecule has 0 saturated carbocycles. The van der Waals surface area contributed by atoms with Gasteiger partial charge in [-0.2, -0.15) is 0 Å². The fourth-order valence-corrected chi connectivity index (χ4v) is 4.19. The van der Waals surface area contributed by atoms with Gasteiger partial charge in [-0.3, -0.25) is 9.89 Å². The van der Waals surface area contributed by atoms with Crippen LogP contribution in [0.3, 0.4) is 0 Å². The zero-order valence-corrected chi connectivity index (χ0v) is 17.1. The van der Waals surface area contributed by atoms with Crippen LogP contribution in [0.5, 0.6) is 0 Å². The number of piperidine rings is 1. The molecule has 1 N–H and O–H groups in total. The smallest absolute Gasteiger partial charge is 0.225 e. The van der Waals surface area contributed by atoms with E-state index in [2.05, 4.69) is 50.8 Å². The number of nitrogens with one attached hydrogen (secondary N) is 1. The van der Waals surface area contributed by atoms with Crippen LogP contribution in [-0.4, -0.2) is 84.6 Å². The fourth-order valence-electron chi connectivity index (χ4n) is 4.19. The molecule has 0 spiro atoms. The van der Waals surface area contributed by atoms with Crippen molar-refractivity contribution in [2.45, 2.75) is 27.2 Å². The maximum Gasteiger partial charge on any atom is 0.225 e. The highest BCUT2D eigenvalue weighted by Crippen LogP contribution is 2.20. The average Bonchev–Trinajstić information content (AvgIpc) is 2.68. The predicted molar refractivity (Wildman–Crippen MR) is 111 cm³/mol. The molecule has 2 aliphatic heterocycles. The van der Waals surface area contributed by atoms with Crippen molar-refractivity contribution in [3.63, 3.8) is 0 Å². The molecule has 2 aliphatic rings. The highest BCUT2D eigenvalue weighted by atomic mass is 15.3. The number of guanidine groups is 1. The molecule has 0 radical (unpaired) electrons. The second-order valence-electron chi connectivity index (χ2n) is 7.96. The van der Waals surface area contributed by atoms with E-state index in [9.17, 15) is 0 Å². The molecular formula is C20H35N7.